The van der Waals surface area contributed by atoms with E-state index < -0.39 is 17.3 Å². The van der Waals surface area contributed by atoms with E-state index in [-0.39, 0.29) is 6.04 Å². The van der Waals surface area contributed by atoms with Gasteiger partial charge in [0.2, 0.25) is 5.91 Å². The summed E-state index contributed by atoms with van der Waals surface area (Å²) in [6, 6.07) is 3.28. The predicted molar refractivity (Wildman–Crippen MR) is 69.5 cm³/mol. The van der Waals surface area contributed by atoms with E-state index in [1.165, 1.54) is 11.8 Å². The molecule has 0 aliphatic heterocycles. The third-order valence-corrected chi connectivity index (χ3v) is 3.52. The van der Waals surface area contributed by atoms with Gasteiger partial charge in [0.15, 0.2) is 0 Å². The highest BCUT2D eigenvalue weighted by Crippen LogP contribution is 2.21. The number of amides is 3. The summed E-state index contributed by atoms with van der Waals surface area (Å²) >= 11 is 7.15. The first-order valence-corrected chi connectivity index (χ1v) is 6.47. The molecule has 2 atom stereocenters. The van der Waals surface area contributed by atoms with Crippen molar-refractivity contribution >= 4 is 34.9 Å². The van der Waals surface area contributed by atoms with Crippen LogP contribution in [0, 0.1) is 6.92 Å². The second-order valence-corrected chi connectivity index (χ2v) is 5.72. The first-order chi connectivity index (χ1) is 7.90. The van der Waals surface area contributed by atoms with Crippen molar-refractivity contribution in [2.75, 3.05) is 0 Å². The van der Waals surface area contributed by atoms with Crippen molar-refractivity contribution in [3.8, 4) is 0 Å². The summed E-state index contributed by atoms with van der Waals surface area (Å²) in [5.74, 6) is -0.501. The summed E-state index contributed by atoms with van der Waals surface area (Å²) in [5.41, 5.74) is 0. The Kier molecular flexibility index (Phi) is 4.96. The Hall–Kier alpha value is -1.07. The molecule has 17 heavy (non-hydrogen) atoms. The molecule has 2 unspecified atom stereocenters. The van der Waals surface area contributed by atoms with E-state index in [2.05, 4.69) is 10.6 Å². The van der Waals surface area contributed by atoms with E-state index in [1.54, 1.807) is 11.3 Å². The topological polar surface area (TPSA) is 58.2 Å². The van der Waals surface area contributed by atoms with Crippen LogP contribution in [0.4, 0.5) is 4.79 Å². The highest BCUT2D eigenvalue weighted by molar-refractivity contribution is 7.12. The van der Waals surface area contributed by atoms with Gasteiger partial charge in [0.25, 0.3) is 0 Å². The monoisotopic (exact) mass is 274 g/mol. The van der Waals surface area contributed by atoms with Crippen molar-refractivity contribution < 1.29 is 9.59 Å². The van der Waals surface area contributed by atoms with Crippen LogP contribution in [0.1, 0.15) is 29.6 Å². The number of carbonyl (C=O) groups is 2. The summed E-state index contributed by atoms with van der Waals surface area (Å²) in [7, 11) is 0. The van der Waals surface area contributed by atoms with Crippen LogP contribution in [0.2, 0.25) is 0 Å². The zero-order valence-electron chi connectivity index (χ0n) is 9.91. The molecule has 1 rings (SSSR count). The zero-order chi connectivity index (χ0) is 13.0. The van der Waals surface area contributed by atoms with Crippen LogP contribution in [-0.4, -0.2) is 17.3 Å². The Balaban J connectivity index is 2.49. The Bertz CT molecular complexity index is 417. The van der Waals surface area contributed by atoms with Crippen molar-refractivity contribution in [1.82, 2.24) is 10.6 Å². The fourth-order valence-electron chi connectivity index (χ4n) is 1.20. The molecule has 0 radical (unpaired) electrons. The van der Waals surface area contributed by atoms with Crippen molar-refractivity contribution in [3.63, 3.8) is 0 Å². The van der Waals surface area contributed by atoms with Crippen molar-refractivity contribution in [1.29, 1.82) is 0 Å². The Labute approximate surface area is 109 Å². The lowest BCUT2D eigenvalue weighted by Gasteiger charge is -2.13. The molecule has 2 N–H and O–H groups in total. The smallest absolute Gasteiger partial charge is 0.321 e. The molecule has 1 aromatic heterocycles. The number of nitrogens with one attached hydrogen (secondary N) is 2. The largest absolute Gasteiger partial charge is 0.330 e. The second kappa shape index (κ2) is 6.02. The van der Waals surface area contributed by atoms with Gasteiger partial charge in [-0.2, -0.15) is 0 Å². The average Bonchev–Trinajstić information content (AvgIpc) is 2.64. The van der Waals surface area contributed by atoms with E-state index in [0.717, 1.165) is 4.88 Å². The fourth-order valence-corrected chi connectivity index (χ4v) is 2.14. The molecule has 6 heteroatoms. The maximum atomic E-state index is 11.5. The van der Waals surface area contributed by atoms with Gasteiger partial charge < -0.3 is 5.32 Å². The lowest BCUT2D eigenvalue weighted by atomic mass is 10.3. The molecule has 0 aliphatic rings. The Morgan fingerprint density at radius 2 is 2.00 bits per heavy atom. The van der Waals surface area contributed by atoms with E-state index >= 15 is 0 Å². The molecule has 1 heterocycles. The summed E-state index contributed by atoms with van der Waals surface area (Å²) in [4.78, 5) is 24.9. The van der Waals surface area contributed by atoms with Crippen molar-refractivity contribution in [2.45, 2.75) is 32.2 Å². The normalized spacial score (nSPS) is 13.9. The molecule has 0 spiro atoms. The number of carbonyl (C=O) groups excluding carboxylic acids is 2. The fraction of sp³-hybridized carbons (Fsp3) is 0.455. The molecule has 94 valence electrons. The van der Waals surface area contributed by atoms with E-state index in [9.17, 15) is 9.59 Å². The third-order valence-electron chi connectivity index (χ3n) is 2.13. The minimum absolute atomic E-state index is 0.132. The summed E-state index contributed by atoms with van der Waals surface area (Å²) in [6.45, 7) is 5.37. The molecule has 0 bridgehead atoms. The van der Waals surface area contributed by atoms with Gasteiger partial charge in [-0.25, -0.2) is 4.79 Å². The maximum absolute atomic E-state index is 11.5. The molecule has 0 saturated carbocycles. The number of hydrogen-bond donors (Lipinski definition) is 2. The summed E-state index contributed by atoms with van der Waals surface area (Å²) in [6.07, 6.45) is 0. The number of halogens is 1. The van der Waals surface area contributed by atoms with E-state index in [4.69, 9.17) is 11.6 Å². The predicted octanol–water partition coefficient (Wildman–Crippen LogP) is 2.57. The standard InChI is InChI=1S/C11H15ClN2O2S/c1-6-4-5-9(17-6)8(3)13-11(16)14-10(15)7(2)12/h4-5,7-8H,1-3H3,(H2,13,14,15,16). The number of urea groups is 1. The molecule has 0 aliphatic carbocycles. The second-order valence-electron chi connectivity index (χ2n) is 3.75. The minimum Gasteiger partial charge on any atom is -0.330 e. The van der Waals surface area contributed by atoms with Gasteiger partial charge in [-0.3, -0.25) is 10.1 Å². The van der Waals surface area contributed by atoms with Gasteiger partial charge in [0, 0.05) is 9.75 Å². The number of hydrogen-bond acceptors (Lipinski definition) is 3. The van der Waals surface area contributed by atoms with Crippen LogP contribution in [0.25, 0.3) is 0 Å². The lowest BCUT2D eigenvalue weighted by molar-refractivity contribution is -0.119. The number of imide groups is 1. The molecule has 0 saturated heterocycles. The van der Waals surface area contributed by atoms with E-state index in [0.29, 0.717) is 0 Å². The maximum Gasteiger partial charge on any atom is 0.321 e. The third kappa shape index (κ3) is 4.36. The first kappa shape index (κ1) is 14.0. The molecule has 4 nitrogen and oxygen atoms in total. The molecule has 1 aromatic rings. The number of rotatable bonds is 3. The van der Waals surface area contributed by atoms with Gasteiger partial charge in [-0.05, 0) is 32.9 Å². The van der Waals surface area contributed by atoms with Gasteiger partial charge in [-0.1, -0.05) is 0 Å². The van der Waals surface area contributed by atoms with Crippen LogP contribution in [0.3, 0.4) is 0 Å². The quantitative estimate of drug-likeness (QED) is 0.833. The van der Waals surface area contributed by atoms with Crippen LogP contribution < -0.4 is 10.6 Å². The van der Waals surface area contributed by atoms with Crippen LogP contribution in [0.5, 0.6) is 0 Å². The lowest BCUT2D eigenvalue weighted by Crippen LogP contribution is -2.42. The number of thiophene rings is 1. The first-order valence-electron chi connectivity index (χ1n) is 5.22. The molecule has 3 amide bonds. The van der Waals surface area contributed by atoms with Crippen molar-refractivity contribution in [2.24, 2.45) is 0 Å². The molecular formula is C11H15ClN2O2S. The molecule has 0 aromatic carbocycles. The summed E-state index contributed by atoms with van der Waals surface area (Å²) < 4.78 is 0. The number of aryl methyl sites for hydroxylation is 1. The average molecular weight is 275 g/mol. The SMILES string of the molecule is Cc1ccc(C(C)NC(=O)NC(=O)C(C)Cl)s1. The Morgan fingerprint density at radius 3 is 2.47 bits per heavy atom. The number of alkyl halides is 1. The van der Waals surface area contributed by atoms with Gasteiger partial charge in [0.1, 0.15) is 5.38 Å². The summed E-state index contributed by atoms with van der Waals surface area (Å²) in [5, 5.41) is 4.12. The van der Waals surface area contributed by atoms with Gasteiger partial charge in [0.05, 0.1) is 6.04 Å². The minimum atomic E-state index is -0.722. The Morgan fingerprint density at radius 1 is 1.35 bits per heavy atom. The van der Waals surface area contributed by atoms with Crippen LogP contribution >= 0.6 is 22.9 Å². The van der Waals surface area contributed by atoms with Crippen molar-refractivity contribution in [3.05, 3.63) is 21.9 Å². The van der Waals surface area contributed by atoms with Crippen LogP contribution in [0.15, 0.2) is 12.1 Å². The van der Waals surface area contributed by atoms with Gasteiger partial charge in [-0.15, -0.1) is 22.9 Å². The van der Waals surface area contributed by atoms with E-state index in [1.807, 2.05) is 26.0 Å². The highest BCUT2D eigenvalue weighted by Gasteiger charge is 2.15. The van der Waals surface area contributed by atoms with Crippen LogP contribution in [-0.2, 0) is 4.79 Å². The van der Waals surface area contributed by atoms with Gasteiger partial charge >= 0.3 is 6.03 Å². The molecular weight excluding hydrogens is 260 g/mol. The molecule has 0 fully saturated rings. The zero-order valence-corrected chi connectivity index (χ0v) is 11.5. The highest BCUT2D eigenvalue weighted by atomic mass is 35.5.